The minimum atomic E-state index is -0.628. The molecular weight excluding hydrogens is 282 g/mol. The number of amides is 3. The van der Waals surface area contributed by atoms with Crippen LogP contribution in [-0.2, 0) is 0 Å². The normalized spacial score (nSPS) is 9.90. The Morgan fingerprint density at radius 3 is 2.60 bits per heavy atom. The molecule has 1 heterocycles. The van der Waals surface area contributed by atoms with Crippen molar-refractivity contribution in [1.29, 1.82) is 0 Å². The fraction of sp³-hybridized carbons (Fsp3) is 0.417. The lowest BCUT2D eigenvalue weighted by molar-refractivity contribution is 0.0954. The van der Waals surface area contributed by atoms with Crippen LogP contribution in [0, 0.1) is 0 Å². The molecule has 1 rings (SSSR count). The van der Waals surface area contributed by atoms with Crippen molar-refractivity contribution in [2.45, 2.75) is 13.3 Å². The number of hydrogen-bond donors (Lipinski definition) is 4. The molecule has 110 valence electrons. The van der Waals surface area contributed by atoms with Gasteiger partial charge in [0.05, 0.1) is 0 Å². The van der Waals surface area contributed by atoms with Gasteiger partial charge < -0.3 is 21.7 Å². The van der Waals surface area contributed by atoms with Crippen LogP contribution in [0.3, 0.4) is 0 Å². The molecule has 7 nitrogen and oxygen atoms in total. The average Bonchev–Trinajstić information content (AvgIpc) is 2.40. The molecule has 0 fully saturated rings. The van der Waals surface area contributed by atoms with Crippen LogP contribution in [0.5, 0.6) is 0 Å². The number of pyridine rings is 1. The van der Waals surface area contributed by atoms with Crippen molar-refractivity contribution in [3.63, 3.8) is 0 Å². The van der Waals surface area contributed by atoms with Crippen LogP contribution in [0.4, 0.5) is 10.6 Å². The molecule has 0 saturated heterocycles. The van der Waals surface area contributed by atoms with Crippen molar-refractivity contribution in [1.82, 2.24) is 15.6 Å². The van der Waals surface area contributed by atoms with E-state index in [-0.39, 0.29) is 24.1 Å². The van der Waals surface area contributed by atoms with Crippen molar-refractivity contribution < 1.29 is 9.59 Å². The number of carbonyl (C=O) groups is 2. The zero-order chi connectivity index (χ0) is 15.0. The Balaban J connectivity index is 2.58. The Bertz CT molecular complexity index is 481. The first kappa shape index (κ1) is 16.0. The third-order valence-electron chi connectivity index (χ3n) is 2.32. The van der Waals surface area contributed by atoms with E-state index in [2.05, 4.69) is 20.9 Å². The molecule has 0 aliphatic carbocycles. The van der Waals surface area contributed by atoms with Crippen LogP contribution in [0.1, 0.15) is 23.7 Å². The first-order valence-electron chi connectivity index (χ1n) is 6.26. The summed E-state index contributed by atoms with van der Waals surface area (Å²) in [4.78, 5) is 26.4. The number of hydrogen-bond acceptors (Lipinski definition) is 4. The number of rotatable bonds is 7. The number of nitrogens with two attached hydrogens (primary N) is 1. The van der Waals surface area contributed by atoms with Crippen molar-refractivity contribution in [3.8, 4) is 0 Å². The lowest BCUT2D eigenvalue weighted by Crippen LogP contribution is -2.37. The molecule has 0 aliphatic rings. The summed E-state index contributed by atoms with van der Waals surface area (Å²) in [7, 11) is 0. The van der Waals surface area contributed by atoms with Gasteiger partial charge in [0.25, 0.3) is 5.91 Å². The van der Waals surface area contributed by atoms with Crippen LogP contribution in [0.2, 0.25) is 5.15 Å². The monoisotopic (exact) mass is 299 g/mol. The smallest absolute Gasteiger partial charge is 0.312 e. The minimum Gasteiger partial charge on any atom is -0.370 e. The van der Waals surface area contributed by atoms with E-state index < -0.39 is 6.03 Å². The largest absolute Gasteiger partial charge is 0.370 e. The fourth-order valence-electron chi connectivity index (χ4n) is 1.44. The number of nitrogens with zero attached hydrogens (tertiary/aromatic N) is 1. The molecule has 0 aromatic carbocycles. The molecule has 8 heteroatoms. The molecule has 0 spiro atoms. The highest BCUT2D eigenvalue weighted by Crippen LogP contribution is 2.14. The molecule has 1 aromatic rings. The molecule has 0 unspecified atom stereocenters. The van der Waals surface area contributed by atoms with Gasteiger partial charge in [0.15, 0.2) is 0 Å². The standard InChI is InChI=1S/C12H18ClN5O2/c1-2-3-15-10-7-8(6-9(13)18-10)11(19)16-4-5-17-12(14)20/h6-7H,2-5H2,1H3,(H,15,18)(H,16,19)(H3,14,17,20). The topological polar surface area (TPSA) is 109 Å². The van der Waals surface area contributed by atoms with E-state index in [4.69, 9.17) is 17.3 Å². The van der Waals surface area contributed by atoms with Crippen LogP contribution in [0.25, 0.3) is 0 Å². The number of nitrogens with one attached hydrogen (secondary N) is 3. The van der Waals surface area contributed by atoms with Gasteiger partial charge in [-0.2, -0.15) is 0 Å². The second kappa shape index (κ2) is 8.21. The summed E-state index contributed by atoms with van der Waals surface area (Å²) in [5, 5.41) is 8.32. The van der Waals surface area contributed by atoms with Crippen molar-refractivity contribution in [2.75, 3.05) is 25.0 Å². The fourth-order valence-corrected chi connectivity index (χ4v) is 1.64. The van der Waals surface area contributed by atoms with Crippen LogP contribution in [-0.4, -0.2) is 36.6 Å². The van der Waals surface area contributed by atoms with Crippen LogP contribution >= 0.6 is 11.6 Å². The Hall–Kier alpha value is -2.02. The highest BCUT2D eigenvalue weighted by atomic mass is 35.5. The maximum absolute atomic E-state index is 11.9. The number of anilines is 1. The first-order chi connectivity index (χ1) is 9.52. The maximum Gasteiger partial charge on any atom is 0.312 e. The van der Waals surface area contributed by atoms with E-state index in [9.17, 15) is 9.59 Å². The molecular formula is C12H18ClN5O2. The van der Waals surface area contributed by atoms with Gasteiger partial charge in [-0.05, 0) is 18.6 Å². The second-order valence-corrected chi connectivity index (χ2v) is 4.42. The third-order valence-corrected chi connectivity index (χ3v) is 2.52. The summed E-state index contributed by atoms with van der Waals surface area (Å²) in [6.45, 7) is 3.31. The number of carbonyl (C=O) groups excluding carboxylic acids is 2. The van der Waals surface area contributed by atoms with Gasteiger partial charge in [0.2, 0.25) is 0 Å². The minimum absolute atomic E-state index is 0.242. The summed E-state index contributed by atoms with van der Waals surface area (Å²) in [5.74, 6) is 0.264. The number of halogens is 1. The van der Waals surface area contributed by atoms with Gasteiger partial charge in [-0.3, -0.25) is 4.79 Å². The van der Waals surface area contributed by atoms with Crippen molar-refractivity contribution in [2.24, 2.45) is 5.73 Å². The summed E-state index contributed by atoms with van der Waals surface area (Å²) in [5.41, 5.74) is 5.32. The van der Waals surface area contributed by atoms with Gasteiger partial charge >= 0.3 is 6.03 Å². The SMILES string of the molecule is CCCNc1cc(C(=O)NCCNC(N)=O)cc(Cl)n1. The van der Waals surface area contributed by atoms with Gasteiger partial charge in [0, 0.05) is 25.2 Å². The zero-order valence-electron chi connectivity index (χ0n) is 11.2. The predicted molar refractivity (Wildman–Crippen MR) is 77.9 cm³/mol. The molecule has 0 radical (unpaired) electrons. The predicted octanol–water partition coefficient (Wildman–Crippen LogP) is 0.955. The zero-order valence-corrected chi connectivity index (χ0v) is 12.0. The molecule has 1 aromatic heterocycles. The van der Waals surface area contributed by atoms with E-state index in [1.807, 2.05) is 6.92 Å². The molecule has 5 N–H and O–H groups in total. The van der Waals surface area contributed by atoms with Gasteiger partial charge in [-0.15, -0.1) is 0 Å². The van der Waals surface area contributed by atoms with Crippen molar-refractivity contribution in [3.05, 3.63) is 22.8 Å². The lowest BCUT2D eigenvalue weighted by atomic mass is 10.2. The third kappa shape index (κ3) is 5.75. The molecule has 3 amide bonds. The Labute approximate surface area is 122 Å². The second-order valence-electron chi connectivity index (χ2n) is 4.04. The number of urea groups is 1. The van der Waals surface area contributed by atoms with E-state index in [1.165, 1.54) is 6.07 Å². The van der Waals surface area contributed by atoms with Gasteiger partial charge in [0.1, 0.15) is 11.0 Å². The van der Waals surface area contributed by atoms with E-state index in [1.54, 1.807) is 6.07 Å². The van der Waals surface area contributed by atoms with Gasteiger partial charge in [-0.25, -0.2) is 9.78 Å². The summed E-state index contributed by atoms with van der Waals surface area (Å²) >= 11 is 5.87. The van der Waals surface area contributed by atoms with E-state index in [0.717, 1.165) is 13.0 Å². The Morgan fingerprint density at radius 2 is 1.95 bits per heavy atom. The number of primary amides is 1. The summed E-state index contributed by atoms with van der Waals surface area (Å²) < 4.78 is 0. The quantitative estimate of drug-likeness (QED) is 0.444. The number of aromatic nitrogens is 1. The van der Waals surface area contributed by atoms with Gasteiger partial charge in [-0.1, -0.05) is 18.5 Å². The van der Waals surface area contributed by atoms with Crippen molar-refractivity contribution >= 4 is 29.4 Å². The Kier molecular flexibility index (Phi) is 6.58. The highest BCUT2D eigenvalue weighted by Gasteiger charge is 2.08. The Morgan fingerprint density at radius 1 is 1.25 bits per heavy atom. The molecule has 20 heavy (non-hydrogen) atoms. The lowest BCUT2D eigenvalue weighted by Gasteiger charge is -2.08. The van der Waals surface area contributed by atoms with E-state index >= 15 is 0 Å². The first-order valence-corrected chi connectivity index (χ1v) is 6.63. The van der Waals surface area contributed by atoms with E-state index in [0.29, 0.717) is 11.4 Å². The molecule has 0 aliphatic heterocycles. The highest BCUT2D eigenvalue weighted by molar-refractivity contribution is 6.29. The van der Waals surface area contributed by atoms with Crippen LogP contribution in [0.15, 0.2) is 12.1 Å². The molecule has 0 saturated carbocycles. The van der Waals surface area contributed by atoms with Crippen LogP contribution < -0.4 is 21.7 Å². The summed E-state index contributed by atoms with van der Waals surface area (Å²) in [6, 6.07) is 2.48. The molecule has 0 bridgehead atoms. The molecule has 0 atom stereocenters. The summed E-state index contributed by atoms with van der Waals surface area (Å²) in [6.07, 6.45) is 0.939. The maximum atomic E-state index is 11.9. The average molecular weight is 300 g/mol.